The number of piperidine rings is 1. The number of aryl methyl sites for hydroxylation is 1. The normalized spacial score (nSPS) is 22.8. The quantitative estimate of drug-likeness (QED) is 0.611. The first-order valence-electron chi connectivity index (χ1n) is 11.0. The lowest BCUT2D eigenvalue weighted by atomic mass is 9.73. The number of nitrogens with zero attached hydrogens (tertiary/aromatic N) is 3. The molecule has 0 radical (unpaired) electrons. The van der Waals surface area contributed by atoms with E-state index in [1.807, 2.05) is 35.1 Å². The van der Waals surface area contributed by atoms with Crippen molar-refractivity contribution in [1.29, 1.82) is 5.26 Å². The van der Waals surface area contributed by atoms with Gasteiger partial charge in [-0.15, -0.1) is 11.3 Å². The molecule has 1 aromatic heterocycles. The Morgan fingerprint density at radius 2 is 2.12 bits per heavy atom. The molecule has 9 heteroatoms. The number of fused-ring (bicyclic) bond motifs is 1. The molecule has 2 fully saturated rings. The number of amides is 1. The second-order valence-electron chi connectivity index (χ2n) is 8.85. The summed E-state index contributed by atoms with van der Waals surface area (Å²) in [5.41, 5.74) is -0.0990. The standard InChI is InChI=1S/C24H26F3N3O2S/c1-3-32-15-23-7-8-29(19-5-4-17(11-28)20(10-19)24(25,26)27)12-18(23)13-30(14-23)22(31)21-16(2)6-9-33-21/h4-6,9-10,18H,3,7-8,12-15H2,1-2H3/t18-,23+/m1/s1. The van der Waals surface area contributed by atoms with E-state index in [2.05, 4.69) is 0 Å². The lowest BCUT2D eigenvalue weighted by molar-refractivity contribution is -0.137. The van der Waals surface area contributed by atoms with E-state index < -0.39 is 11.7 Å². The Morgan fingerprint density at radius 3 is 2.76 bits per heavy atom. The Morgan fingerprint density at radius 1 is 1.33 bits per heavy atom. The zero-order valence-electron chi connectivity index (χ0n) is 18.6. The van der Waals surface area contributed by atoms with Gasteiger partial charge in [0.05, 0.1) is 28.7 Å². The van der Waals surface area contributed by atoms with Gasteiger partial charge in [-0.2, -0.15) is 18.4 Å². The summed E-state index contributed by atoms with van der Waals surface area (Å²) >= 11 is 1.43. The number of halogens is 3. The van der Waals surface area contributed by atoms with Gasteiger partial charge in [0.2, 0.25) is 0 Å². The van der Waals surface area contributed by atoms with E-state index in [4.69, 9.17) is 10.00 Å². The third-order valence-corrected chi connectivity index (χ3v) is 7.87. The Balaban J connectivity index is 1.59. The van der Waals surface area contributed by atoms with Crippen LogP contribution < -0.4 is 4.90 Å². The molecular formula is C24H26F3N3O2S. The zero-order valence-corrected chi connectivity index (χ0v) is 19.4. The molecule has 176 valence electrons. The van der Waals surface area contributed by atoms with Crippen LogP contribution in [-0.4, -0.2) is 50.2 Å². The van der Waals surface area contributed by atoms with Crippen LogP contribution in [0.3, 0.4) is 0 Å². The third kappa shape index (κ3) is 4.46. The number of alkyl halides is 3. The van der Waals surface area contributed by atoms with E-state index in [0.29, 0.717) is 51.5 Å². The SMILES string of the molecule is CCOC[C@@]12CCN(c3ccc(C#N)c(C(F)(F)F)c3)C[C@@H]1CN(C(=O)c1sccc1C)C2. The second kappa shape index (κ2) is 8.99. The van der Waals surface area contributed by atoms with Crippen LogP contribution in [0.1, 0.15) is 39.7 Å². The van der Waals surface area contributed by atoms with Gasteiger partial charge in [-0.1, -0.05) is 0 Å². The topological polar surface area (TPSA) is 56.6 Å². The summed E-state index contributed by atoms with van der Waals surface area (Å²) < 4.78 is 46.2. The molecular weight excluding hydrogens is 451 g/mol. The van der Waals surface area contributed by atoms with E-state index in [-0.39, 0.29) is 22.8 Å². The fraction of sp³-hybridized carbons (Fsp3) is 0.500. The molecule has 0 bridgehead atoms. The maximum absolute atomic E-state index is 13.5. The van der Waals surface area contributed by atoms with Crippen LogP contribution in [0.5, 0.6) is 0 Å². The number of nitriles is 1. The Hall–Kier alpha value is -2.57. The number of hydrogen-bond acceptors (Lipinski definition) is 5. The van der Waals surface area contributed by atoms with Gasteiger partial charge in [0, 0.05) is 49.8 Å². The number of likely N-dealkylation sites (tertiary alicyclic amines) is 1. The van der Waals surface area contributed by atoms with Crippen LogP contribution in [0.25, 0.3) is 0 Å². The van der Waals surface area contributed by atoms with E-state index in [9.17, 15) is 18.0 Å². The number of anilines is 1. The fourth-order valence-electron chi connectivity index (χ4n) is 5.01. The highest BCUT2D eigenvalue weighted by Gasteiger charge is 2.51. The molecule has 5 nitrogen and oxygen atoms in total. The summed E-state index contributed by atoms with van der Waals surface area (Å²) in [6.07, 6.45) is -3.88. The minimum atomic E-state index is -4.59. The highest BCUT2D eigenvalue weighted by Crippen LogP contribution is 2.45. The van der Waals surface area contributed by atoms with Crippen molar-refractivity contribution in [2.75, 3.05) is 44.3 Å². The molecule has 0 aliphatic carbocycles. The number of ether oxygens (including phenoxy) is 1. The zero-order chi connectivity index (χ0) is 23.8. The first-order chi connectivity index (χ1) is 15.7. The average Bonchev–Trinajstić information content (AvgIpc) is 3.39. The van der Waals surface area contributed by atoms with E-state index in [1.54, 1.807) is 12.1 Å². The first kappa shape index (κ1) is 23.6. The maximum Gasteiger partial charge on any atom is 0.417 e. The van der Waals surface area contributed by atoms with Crippen molar-refractivity contribution >= 4 is 22.9 Å². The number of rotatable bonds is 5. The smallest absolute Gasteiger partial charge is 0.381 e. The maximum atomic E-state index is 13.5. The van der Waals surface area contributed by atoms with Crippen molar-refractivity contribution in [2.24, 2.45) is 11.3 Å². The summed E-state index contributed by atoms with van der Waals surface area (Å²) in [6, 6.07) is 7.46. The van der Waals surface area contributed by atoms with Crippen LogP contribution in [0.15, 0.2) is 29.6 Å². The molecule has 2 aromatic rings. The molecule has 3 heterocycles. The summed E-state index contributed by atoms with van der Waals surface area (Å²) in [7, 11) is 0. The lowest BCUT2D eigenvalue weighted by Crippen LogP contribution is -2.49. The molecule has 0 saturated carbocycles. The van der Waals surface area contributed by atoms with Crippen molar-refractivity contribution in [2.45, 2.75) is 26.4 Å². The molecule has 0 unspecified atom stereocenters. The lowest BCUT2D eigenvalue weighted by Gasteiger charge is -2.44. The van der Waals surface area contributed by atoms with Gasteiger partial charge in [-0.25, -0.2) is 0 Å². The van der Waals surface area contributed by atoms with E-state index in [1.165, 1.54) is 17.4 Å². The predicted octanol–water partition coefficient (Wildman–Crippen LogP) is 4.95. The highest BCUT2D eigenvalue weighted by molar-refractivity contribution is 7.12. The first-order valence-corrected chi connectivity index (χ1v) is 11.8. The van der Waals surface area contributed by atoms with Crippen molar-refractivity contribution in [3.05, 3.63) is 51.2 Å². The van der Waals surface area contributed by atoms with Crippen LogP contribution in [0, 0.1) is 29.6 Å². The summed E-state index contributed by atoms with van der Waals surface area (Å²) in [6.45, 7) is 7.18. The van der Waals surface area contributed by atoms with Crippen LogP contribution in [0.2, 0.25) is 0 Å². The second-order valence-corrected chi connectivity index (χ2v) is 9.77. The minimum Gasteiger partial charge on any atom is -0.381 e. The van der Waals surface area contributed by atoms with Gasteiger partial charge in [-0.05, 0) is 55.5 Å². The third-order valence-electron chi connectivity index (χ3n) is 6.86. The Bertz CT molecular complexity index is 1080. The Kier molecular flexibility index (Phi) is 6.43. The molecule has 2 atom stereocenters. The van der Waals surface area contributed by atoms with E-state index >= 15 is 0 Å². The molecule has 4 rings (SSSR count). The fourth-order valence-corrected chi connectivity index (χ4v) is 5.90. The number of carbonyl (C=O) groups excluding carboxylic acids is 1. The van der Waals surface area contributed by atoms with Crippen molar-refractivity contribution in [3.63, 3.8) is 0 Å². The number of benzene rings is 1. The van der Waals surface area contributed by atoms with Gasteiger partial charge in [-0.3, -0.25) is 4.79 Å². The largest absolute Gasteiger partial charge is 0.417 e. The van der Waals surface area contributed by atoms with Gasteiger partial charge >= 0.3 is 6.18 Å². The van der Waals surface area contributed by atoms with Crippen molar-refractivity contribution in [3.8, 4) is 6.07 Å². The number of carbonyl (C=O) groups is 1. The van der Waals surface area contributed by atoms with Crippen molar-refractivity contribution < 1.29 is 22.7 Å². The minimum absolute atomic E-state index is 0.0112. The van der Waals surface area contributed by atoms with Gasteiger partial charge in [0.15, 0.2) is 0 Å². The van der Waals surface area contributed by atoms with Gasteiger partial charge in [0.25, 0.3) is 5.91 Å². The molecule has 1 aromatic carbocycles. The molecule has 33 heavy (non-hydrogen) atoms. The molecule has 2 saturated heterocycles. The monoisotopic (exact) mass is 477 g/mol. The van der Waals surface area contributed by atoms with Gasteiger partial charge < -0.3 is 14.5 Å². The van der Waals surface area contributed by atoms with Crippen LogP contribution >= 0.6 is 11.3 Å². The molecule has 2 aliphatic heterocycles. The Labute approximate surface area is 195 Å². The van der Waals surface area contributed by atoms with Crippen molar-refractivity contribution in [1.82, 2.24) is 4.90 Å². The summed E-state index contributed by atoms with van der Waals surface area (Å²) in [4.78, 5) is 17.7. The summed E-state index contributed by atoms with van der Waals surface area (Å²) in [5.74, 6) is 0.0871. The highest BCUT2D eigenvalue weighted by atomic mass is 32.1. The molecule has 2 aliphatic rings. The number of hydrogen-bond donors (Lipinski definition) is 0. The van der Waals surface area contributed by atoms with Crippen LogP contribution in [-0.2, 0) is 10.9 Å². The predicted molar refractivity (Wildman–Crippen MR) is 120 cm³/mol. The summed E-state index contributed by atoms with van der Waals surface area (Å²) in [5, 5.41) is 11.0. The molecule has 1 amide bonds. The number of thiophene rings is 1. The molecule has 0 spiro atoms. The van der Waals surface area contributed by atoms with Gasteiger partial charge in [0.1, 0.15) is 0 Å². The van der Waals surface area contributed by atoms with Crippen LogP contribution in [0.4, 0.5) is 18.9 Å². The molecule has 0 N–H and O–H groups in total. The van der Waals surface area contributed by atoms with E-state index in [0.717, 1.165) is 16.5 Å². The average molecular weight is 478 g/mol.